The Morgan fingerprint density at radius 1 is 1.47 bits per heavy atom. The maximum atomic E-state index is 11.3. The third-order valence-electron chi connectivity index (χ3n) is 1.42. The molecule has 1 N–H and O–H groups in total. The summed E-state index contributed by atoms with van der Waals surface area (Å²) in [5.41, 5.74) is 0.582. The average molecular weight is 270 g/mol. The van der Waals surface area contributed by atoms with Gasteiger partial charge in [0, 0.05) is 11.6 Å². The highest BCUT2D eigenvalue weighted by molar-refractivity contribution is 7.92. The van der Waals surface area contributed by atoms with E-state index in [1.54, 1.807) is 6.92 Å². The monoisotopic (exact) mass is 269 g/mol. The van der Waals surface area contributed by atoms with E-state index in [2.05, 4.69) is 14.7 Å². The molecule has 0 spiro atoms. The predicted molar refractivity (Wildman–Crippen MR) is 59.9 cm³/mol. The Hall–Kier alpha value is -0.590. The van der Waals surface area contributed by atoms with Crippen LogP contribution in [0.4, 0.5) is 5.95 Å². The van der Waals surface area contributed by atoms with E-state index in [1.807, 2.05) is 0 Å². The van der Waals surface area contributed by atoms with Gasteiger partial charge in [-0.3, -0.25) is 4.72 Å². The molecular weight excluding hydrogens is 261 g/mol. The van der Waals surface area contributed by atoms with Crippen LogP contribution in [0.25, 0.3) is 0 Å². The number of anilines is 1. The number of rotatable bonds is 4. The number of hydrogen-bond donors (Lipinski definition) is 1. The summed E-state index contributed by atoms with van der Waals surface area (Å²) in [6, 6.07) is 1.53. The Kier molecular flexibility index (Phi) is 4.12. The number of nitrogens with zero attached hydrogens (tertiary/aromatic N) is 2. The summed E-state index contributed by atoms with van der Waals surface area (Å²) >= 11 is 11.0. The second-order valence-corrected chi connectivity index (χ2v) is 5.37. The van der Waals surface area contributed by atoms with Crippen molar-refractivity contribution in [1.29, 1.82) is 0 Å². The van der Waals surface area contributed by atoms with Gasteiger partial charge in [-0.2, -0.15) is 0 Å². The average Bonchev–Trinajstić information content (AvgIpc) is 1.99. The van der Waals surface area contributed by atoms with E-state index in [0.717, 1.165) is 0 Å². The number of halogens is 2. The van der Waals surface area contributed by atoms with Gasteiger partial charge >= 0.3 is 0 Å². The van der Waals surface area contributed by atoms with Crippen LogP contribution in [-0.2, 0) is 10.0 Å². The van der Waals surface area contributed by atoms with E-state index in [4.69, 9.17) is 23.2 Å². The number of sulfonamides is 1. The molecule has 0 saturated heterocycles. The van der Waals surface area contributed by atoms with E-state index in [-0.39, 0.29) is 22.7 Å². The van der Waals surface area contributed by atoms with Gasteiger partial charge in [0.2, 0.25) is 16.0 Å². The summed E-state index contributed by atoms with van der Waals surface area (Å²) in [6.45, 7) is 1.69. The van der Waals surface area contributed by atoms with Crippen LogP contribution in [0.1, 0.15) is 5.69 Å². The lowest BCUT2D eigenvalue weighted by Crippen LogP contribution is -2.19. The molecule has 5 nitrogen and oxygen atoms in total. The van der Waals surface area contributed by atoms with Crippen LogP contribution in [0.15, 0.2) is 6.07 Å². The summed E-state index contributed by atoms with van der Waals surface area (Å²) in [7, 11) is -3.48. The summed E-state index contributed by atoms with van der Waals surface area (Å²) in [5.74, 6) is -0.219. The van der Waals surface area contributed by atoms with Crippen LogP contribution in [-0.4, -0.2) is 30.0 Å². The third-order valence-corrected chi connectivity index (χ3v) is 3.26. The second-order valence-electron chi connectivity index (χ2n) is 2.77. The molecule has 0 radical (unpaired) electrons. The Morgan fingerprint density at radius 2 is 2.13 bits per heavy atom. The van der Waals surface area contributed by atoms with E-state index in [9.17, 15) is 8.42 Å². The van der Waals surface area contributed by atoms with Crippen molar-refractivity contribution in [1.82, 2.24) is 9.97 Å². The van der Waals surface area contributed by atoms with E-state index >= 15 is 0 Å². The molecule has 0 saturated carbocycles. The number of aromatic nitrogens is 2. The fourth-order valence-corrected chi connectivity index (χ4v) is 2.39. The van der Waals surface area contributed by atoms with E-state index < -0.39 is 10.0 Å². The number of aryl methyl sites for hydroxylation is 1. The standard InChI is InChI=1S/C7H9Cl2N3O2S/c1-5-4-6(9)11-7(10-5)12-15(13,14)3-2-8/h4H,2-3H2,1H3,(H,10,11,12). The highest BCUT2D eigenvalue weighted by Crippen LogP contribution is 2.10. The smallest absolute Gasteiger partial charge is 0.238 e. The van der Waals surface area contributed by atoms with Crippen molar-refractivity contribution in [2.75, 3.05) is 16.4 Å². The van der Waals surface area contributed by atoms with Gasteiger partial charge in [-0.25, -0.2) is 18.4 Å². The molecule has 1 aromatic heterocycles. The Morgan fingerprint density at radius 3 is 2.67 bits per heavy atom. The SMILES string of the molecule is Cc1cc(Cl)nc(NS(=O)(=O)CCCl)n1. The fraction of sp³-hybridized carbons (Fsp3) is 0.429. The molecule has 15 heavy (non-hydrogen) atoms. The molecule has 1 aromatic rings. The lowest BCUT2D eigenvalue weighted by molar-refractivity contribution is 0.602. The van der Waals surface area contributed by atoms with Gasteiger partial charge in [0.05, 0.1) is 5.75 Å². The van der Waals surface area contributed by atoms with Crippen molar-refractivity contribution in [2.24, 2.45) is 0 Å². The lowest BCUT2D eigenvalue weighted by Gasteiger charge is -2.05. The van der Waals surface area contributed by atoms with E-state index in [1.165, 1.54) is 6.07 Å². The van der Waals surface area contributed by atoms with Crippen LogP contribution in [0, 0.1) is 6.92 Å². The molecule has 0 fully saturated rings. The van der Waals surface area contributed by atoms with Crippen LogP contribution in [0.2, 0.25) is 5.15 Å². The van der Waals surface area contributed by atoms with Gasteiger partial charge in [0.1, 0.15) is 5.15 Å². The Bertz CT molecular complexity index is 429. The number of hydrogen-bond acceptors (Lipinski definition) is 4. The zero-order valence-corrected chi connectivity index (χ0v) is 10.2. The topological polar surface area (TPSA) is 72.0 Å². The Labute approximate surface area is 97.9 Å². The molecular formula is C7H9Cl2N3O2S. The molecule has 8 heteroatoms. The molecule has 0 aromatic carbocycles. The normalized spacial score (nSPS) is 11.4. The van der Waals surface area contributed by atoms with Gasteiger partial charge in [0.25, 0.3) is 0 Å². The van der Waals surface area contributed by atoms with Crippen LogP contribution in [0.5, 0.6) is 0 Å². The molecule has 0 bridgehead atoms. The van der Waals surface area contributed by atoms with Crippen molar-refractivity contribution in [3.05, 3.63) is 16.9 Å². The predicted octanol–water partition coefficient (Wildman–Crippen LogP) is 1.42. The highest BCUT2D eigenvalue weighted by Gasteiger charge is 2.11. The number of alkyl halides is 1. The Balaban J connectivity index is 2.90. The first kappa shape index (κ1) is 12.5. The molecule has 0 amide bonds. The first-order valence-corrected chi connectivity index (χ1v) is 6.57. The minimum Gasteiger partial charge on any atom is -0.251 e. The zero-order chi connectivity index (χ0) is 11.5. The molecule has 1 rings (SSSR count). The second kappa shape index (κ2) is 4.96. The first-order chi connectivity index (χ1) is 6.93. The van der Waals surface area contributed by atoms with Crippen molar-refractivity contribution >= 4 is 39.2 Å². The van der Waals surface area contributed by atoms with Gasteiger partial charge in [0.15, 0.2) is 0 Å². The molecule has 0 aliphatic heterocycles. The van der Waals surface area contributed by atoms with Crippen molar-refractivity contribution in [2.45, 2.75) is 6.92 Å². The molecule has 0 unspecified atom stereocenters. The fourth-order valence-electron chi connectivity index (χ4n) is 0.867. The van der Waals surface area contributed by atoms with Crippen molar-refractivity contribution < 1.29 is 8.42 Å². The molecule has 1 heterocycles. The summed E-state index contributed by atoms with van der Waals surface area (Å²) < 4.78 is 24.8. The van der Waals surface area contributed by atoms with Gasteiger partial charge in [-0.15, -0.1) is 11.6 Å². The molecule has 0 aliphatic rings. The van der Waals surface area contributed by atoms with Crippen molar-refractivity contribution in [3.63, 3.8) is 0 Å². The quantitative estimate of drug-likeness (QED) is 0.663. The molecule has 0 atom stereocenters. The summed E-state index contributed by atoms with van der Waals surface area (Å²) in [6.07, 6.45) is 0. The van der Waals surface area contributed by atoms with Gasteiger partial charge < -0.3 is 0 Å². The largest absolute Gasteiger partial charge is 0.251 e. The van der Waals surface area contributed by atoms with Crippen LogP contribution in [0.3, 0.4) is 0 Å². The minimum absolute atomic E-state index is 0.00881. The molecule has 0 aliphatic carbocycles. The lowest BCUT2D eigenvalue weighted by atomic mass is 10.5. The van der Waals surface area contributed by atoms with Crippen LogP contribution >= 0.6 is 23.2 Å². The van der Waals surface area contributed by atoms with Crippen molar-refractivity contribution in [3.8, 4) is 0 Å². The molecule has 84 valence electrons. The minimum atomic E-state index is -3.48. The van der Waals surface area contributed by atoms with E-state index in [0.29, 0.717) is 5.69 Å². The maximum absolute atomic E-state index is 11.3. The van der Waals surface area contributed by atoms with Gasteiger partial charge in [-0.1, -0.05) is 11.6 Å². The zero-order valence-electron chi connectivity index (χ0n) is 7.87. The maximum Gasteiger partial charge on any atom is 0.238 e. The van der Waals surface area contributed by atoms with Gasteiger partial charge in [-0.05, 0) is 13.0 Å². The highest BCUT2D eigenvalue weighted by atomic mass is 35.5. The first-order valence-electron chi connectivity index (χ1n) is 4.00. The summed E-state index contributed by atoms with van der Waals surface area (Å²) in [5, 5.41) is 0.186. The summed E-state index contributed by atoms with van der Waals surface area (Å²) in [4.78, 5) is 7.59. The third kappa shape index (κ3) is 4.19. The van der Waals surface area contributed by atoms with Crippen LogP contribution < -0.4 is 4.72 Å². The number of nitrogens with one attached hydrogen (secondary N) is 1.